The fourth-order valence-corrected chi connectivity index (χ4v) is 10.1. The molecule has 4 aromatic carbocycles. The molecule has 0 radical (unpaired) electrons. The molecule has 1 saturated carbocycles. The minimum absolute atomic E-state index is 0.0208. The number of anilines is 3. The van der Waals surface area contributed by atoms with Crippen molar-refractivity contribution in [2.24, 2.45) is 17.8 Å². The van der Waals surface area contributed by atoms with Crippen molar-refractivity contribution < 1.29 is 56.1 Å². The standard InChI is InChI=1S/C38H24Cl2F5N5O9/c1-46(2)31-20(49(56)57)11-15(12-21(31)50(58)59)47-33(52)18-9-8-17-19(23(18)34(47)53)13-37(39)35(54)48(32-29(44)27(42)26(41)28(43)30(32)45)36(55)38(37,40)25(17)24-16-6-4-3-5-14(16)7-10-22(24)51/h3-8,10-12,18-19,23,25,51H,9,13H2,1-2H3/t18-,19+,23-,25+,37+,38-/m0/s1. The molecule has 0 unspecified atom stereocenters. The van der Waals surface area contributed by atoms with Crippen molar-refractivity contribution in [1.29, 1.82) is 0 Å². The number of nitro benzene ring substituents is 2. The van der Waals surface area contributed by atoms with Gasteiger partial charge >= 0.3 is 11.4 Å². The molecule has 304 valence electrons. The predicted molar refractivity (Wildman–Crippen MR) is 199 cm³/mol. The number of carbonyl (C=O) groups is 4. The van der Waals surface area contributed by atoms with E-state index in [1.165, 1.54) is 44.4 Å². The molecule has 8 rings (SSSR count). The number of phenolic OH excluding ortho intramolecular Hbond substituents is 1. The van der Waals surface area contributed by atoms with E-state index in [2.05, 4.69) is 0 Å². The highest BCUT2D eigenvalue weighted by Crippen LogP contribution is 2.67. The Hall–Kier alpha value is -6.21. The summed E-state index contributed by atoms with van der Waals surface area (Å²) in [5.41, 5.74) is -4.79. The molecule has 4 amide bonds. The molecule has 0 spiro atoms. The van der Waals surface area contributed by atoms with E-state index in [4.69, 9.17) is 23.2 Å². The lowest BCUT2D eigenvalue weighted by atomic mass is 9.56. The lowest BCUT2D eigenvalue weighted by Gasteiger charge is -2.51. The summed E-state index contributed by atoms with van der Waals surface area (Å²) in [5, 5.41) is 36.5. The number of carbonyl (C=O) groups excluding carboxylic acids is 4. The van der Waals surface area contributed by atoms with Crippen LogP contribution in [-0.4, -0.2) is 62.4 Å². The Bertz CT molecular complexity index is 2660. The number of aromatic hydroxyl groups is 1. The van der Waals surface area contributed by atoms with E-state index in [9.17, 15) is 57.7 Å². The van der Waals surface area contributed by atoms with E-state index in [0.717, 1.165) is 17.0 Å². The Kier molecular flexibility index (Phi) is 8.83. The normalized spacial score (nSPS) is 26.2. The third-order valence-electron chi connectivity index (χ3n) is 11.6. The molecule has 3 fully saturated rings. The largest absolute Gasteiger partial charge is 0.508 e. The summed E-state index contributed by atoms with van der Waals surface area (Å²) >= 11 is 14.4. The maximum absolute atomic E-state index is 15.4. The Balaban J connectivity index is 1.35. The number of nitro groups is 2. The molecule has 6 atom stereocenters. The number of fused-ring (bicyclic) bond motifs is 5. The van der Waals surface area contributed by atoms with Gasteiger partial charge < -0.3 is 10.0 Å². The number of benzene rings is 4. The Labute approximate surface area is 337 Å². The number of nitrogens with zero attached hydrogens (tertiary/aromatic N) is 5. The molecule has 4 aromatic rings. The van der Waals surface area contributed by atoms with Gasteiger partial charge in [-0.3, -0.25) is 39.4 Å². The number of imide groups is 2. The van der Waals surface area contributed by atoms with Crippen LogP contribution in [0.5, 0.6) is 5.75 Å². The Morgan fingerprint density at radius 3 is 1.95 bits per heavy atom. The number of alkyl halides is 2. The van der Waals surface area contributed by atoms with Gasteiger partial charge in [0.2, 0.25) is 17.6 Å². The fraction of sp³-hybridized carbons (Fsp3) is 0.263. The van der Waals surface area contributed by atoms with Gasteiger partial charge in [0, 0.05) is 37.7 Å². The quantitative estimate of drug-likeness (QED) is 0.0313. The first-order valence-electron chi connectivity index (χ1n) is 17.4. The SMILES string of the molecule is CN(C)c1c([N+](=O)[O-])cc(N2C(=O)[C@H]3[C@H](CC=C4[C@H]3C[C@@]3(Cl)C(=O)N(c5c(F)c(F)c(F)c(F)c5F)C(=O)[C@@]3(Cl)[C@H]4c3c(O)ccc4ccccc34)C2=O)cc1[N+](=O)[O-]. The van der Waals surface area contributed by atoms with Gasteiger partial charge in [-0.25, -0.2) is 31.8 Å². The zero-order valence-corrected chi connectivity index (χ0v) is 31.5. The molecule has 59 heavy (non-hydrogen) atoms. The summed E-state index contributed by atoms with van der Waals surface area (Å²) in [7, 11) is 2.61. The van der Waals surface area contributed by atoms with E-state index in [1.807, 2.05) is 0 Å². The second-order valence-corrected chi connectivity index (χ2v) is 15.9. The topological polar surface area (TPSA) is 185 Å². The molecule has 2 aliphatic carbocycles. The third-order valence-corrected chi connectivity index (χ3v) is 13.0. The summed E-state index contributed by atoms with van der Waals surface area (Å²) in [5.74, 6) is -24.9. The first-order chi connectivity index (χ1) is 27.7. The predicted octanol–water partition coefficient (Wildman–Crippen LogP) is 6.89. The van der Waals surface area contributed by atoms with Gasteiger partial charge in [-0.15, -0.1) is 23.2 Å². The average Bonchev–Trinajstić information content (AvgIpc) is 3.53. The maximum Gasteiger partial charge on any atom is 0.301 e. The number of hydrogen-bond donors (Lipinski definition) is 1. The van der Waals surface area contributed by atoms with Crippen LogP contribution in [0.3, 0.4) is 0 Å². The summed E-state index contributed by atoms with van der Waals surface area (Å²) in [6.07, 6.45) is 0.202. The second-order valence-electron chi connectivity index (χ2n) is 14.7. The highest BCUT2D eigenvalue weighted by molar-refractivity contribution is 6.58. The summed E-state index contributed by atoms with van der Waals surface area (Å²) < 4.78 is 74.3. The van der Waals surface area contributed by atoms with Gasteiger partial charge in [0.05, 0.1) is 27.4 Å². The van der Waals surface area contributed by atoms with Crippen LogP contribution in [0.1, 0.15) is 24.3 Å². The smallest absolute Gasteiger partial charge is 0.301 e. The molecule has 14 nitrogen and oxygen atoms in total. The molecular formula is C38H24Cl2F5N5O9. The Morgan fingerprint density at radius 1 is 0.797 bits per heavy atom. The monoisotopic (exact) mass is 859 g/mol. The first-order valence-corrected chi connectivity index (χ1v) is 18.2. The van der Waals surface area contributed by atoms with E-state index < -0.39 is 137 Å². The molecule has 0 aromatic heterocycles. The van der Waals surface area contributed by atoms with E-state index in [-0.39, 0.29) is 27.8 Å². The van der Waals surface area contributed by atoms with Crippen LogP contribution in [0.25, 0.3) is 10.8 Å². The molecule has 0 bridgehead atoms. The maximum atomic E-state index is 15.4. The molecule has 2 aliphatic heterocycles. The summed E-state index contributed by atoms with van der Waals surface area (Å²) in [6, 6.07) is 10.5. The van der Waals surface area contributed by atoms with Crippen molar-refractivity contribution in [3.8, 4) is 5.75 Å². The molecule has 21 heteroatoms. The van der Waals surface area contributed by atoms with Crippen LogP contribution in [0, 0.1) is 67.1 Å². The van der Waals surface area contributed by atoms with Crippen molar-refractivity contribution in [2.45, 2.75) is 28.5 Å². The first kappa shape index (κ1) is 39.6. The Morgan fingerprint density at radius 2 is 1.37 bits per heavy atom. The molecule has 4 aliphatic rings. The van der Waals surface area contributed by atoms with Crippen molar-refractivity contribution in [1.82, 2.24) is 0 Å². The number of rotatable bonds is 6. The van der Waals surface area contributed by atoms with Gasteiger partial charge in [0.25, 0.3) is 11.8 Å². The minimum atomic E-state index is -2.93. The summed E-state index contributed by atoms with van der Waals surface area (Å²) in [6.45, 7) is 0. The van der Waals surface area contributed by atoms with Crippen molar-refractivity contribution >= 4 is 86.0 Å². The third kappa shape index (κ3) is 5.09. The van der Waals surface area contributed by atoms with Gasteiger partial charge in [0.1, 0.15) is 11.4 Å². The van der Waals surface area contributed by atoms with Crippen LogP contribution in [0.4, 0.5) is 50.4 Å². The number of hydrogen-bond acceptors (Lipinski definition) is 10. The average molecular weight is 861 g/mol. The molecule has 2 heterocycles. The van der Waals surface area contributed by atoms with Crippen LogP contribution < -0.4 is 14.7 Å². The number of allylic oxidation sites excluding steroid dienone is 2. The van der Waals surface area contributed by atoms with Gasteiger partial charge in [-0.2, -0.15) is 0 Å². The van der Waals surface area contributed by atoms with E-state index in [0.29, 0.717) is 10.3 Å². The summed E-state index contributed by atoms with van der Waals surface area (Å²) in [4.78, 5) is 75.9. The van der Waals surface area contributed by atoms with Gasteiger partial charge in [0.15, 0.2) is 38.7 Å². The van der Waals surface area contributed by atoms with E-state index in [1.54, 1.807) is 12.1 Å². The number of phenols is 1. The zero-order chi connectivity index (χ0) is 42.9. The zero-order valence-electron chi connectivity index (χ0n) is 30.0. The van der Waals surface area contributed by atoms with Crippen molar-refractivity contribution in [3.63, 3.8) is 0 Å². The highest BCUT2D eigenvalue weighted by atomic mass is 35.5. The van der Waals surface area contributed by atoms with Crippen molar-refractivity contribution in [3.05, 3.63) is 115 Å². The van der Waals surface area contributed by atoms with E-state index >= 15 is 8.78 Å². The number of amides is 4. The number of halogens is 7. The second kappa shape index (κ2) is 13.2. The molecular weight excluding hydrogens is 836 g/mol. The van der Waals surface area contributed by atoms with Gasteiger partial charge in [-0.05, 0) is 35.6 Å². The minimum Gasteiger partial charge on any atom is -0.508 e. The lowest BCUT2D eigenvalue weighted by molar-refractivity contribution is -0.392. The van der Waals surface area contributed by atoms with Crippen LogP contribution in [0.15, 0.2) is 60.2 Å². The highest BCUT2D eigenvalue weighted by Gasteiger charge is 2.77. The van der Waals surface area contributed by atoms with Crippen molar-refractivity contribution in [2.75, 3.05) is 28.8 Å². The molecule has 2 saturated heterocycles. The van der Waals surface area contributed by atoms with Crippen LogP contribution in [-0.2, 0) is 19.2 Å². The lowest BCUT2D eigenvalue weighted by Crippen LogP contribution is -2.60. The van der Waals surface area contributed by atoms with Gasteiger partial charge in [-0.1, -0.05) is 42.0 Å². The van der Waals surface area contributed by atoms with Crippen LogP contribution in [0.2, 0.25) is 0 Å². The van der Waals surface area contributed by atoms with Crippen LogP contribution >= 0.6 is 23.2 Å². The molecule has 1 N–H and O–H groups in total. The fourth-order valence-electron chi connectivity index (χ4n) is 9.18.